The summed E-state index contributed by atoms with van der Waals surface area (Å²) in [5.41, 5.74) is 3.79. The molecule has 0 saturated heterocycles. The van der Waals surface area contributed by atoms with E-state index in [2.05, 4.69) is 39.3 Å². The van der Waals surface area contributed by atoms with Crippen LogP contribution in [0.2, 0.25) is 5.02 Å². The molecule has 0 aliphatic heterocycles. The van der Waals surface area contributed by atoms with Crippen molar-refractivity contribution in [3.8, 4) is 11.3 Å². The summed E-state index contributed by atoms with van der Waals surface area (Å²) in [6, 6.07) is 13.8. The fourth-order valence-electron chi connectivity index (χ4n) is 4.32. The minimum atomic E-state index is -0.396. The Hall–Kier alpha value is -3.69. The number of nitrogens with zero attached hydrogens (tertiary/aromatic N) is 6. The number of aromatic nitrogens is 3. The standard InChI is InChI=1S/C26H28ClN7O2/c1-31(2)12-13-32(3)24-14-20(27)22(15-25(24)34(35)36)30-26-28-11-10-21(29-26)19-16-33(17-8-9-17)23-7-5-4-6-18(19)23/h4-7,10-11,14-17H,8-9,12-13H2,1-3H3,(H,28,29,30). The predicted octanol–water partition coefficient (Wildman–Crippen LogP) is 5.74. The van der Waals surface area contributed by atoms with Crippen molar-refractivity contribution in [3.63, 3.8) is 0 Å². The molecule has 0 unspecified atom stereocenters. The highest BCUT2D eigenvalue weighted by molar-refractivity contribution is 6.33. The molecule has 9 nitrogen and oxygen atoms in total. The van der Waals surface area contributed by atoms with Gasteiger partial charge in [-0.15, -0.1) is 0 Å². The maximum Gasteiger partial charge on any atom is 0.294 e. The molecule has 0 amide bonds. The van der Waals surface area contributed by atoms with E-state index in [9.17, 15) is 10.1 Å². The lowest BCUT2D eigenvalue weighted by Crippen LogP contribution is -2.28. The molecule has 10 heteroatoms. The quantitative estimate of drug-likeness (QED) is 0.229. The molecule has 36 heavy (non-hydrogen) atoms. The van der Waals surface area contributed by atoms with Crippen LogP contribution in [0.15, 0.2) is 54.9 Å². The molecule has 2 aromatic heterocycles. The number of hydrogen-bond acceptors (Lipinski definition) is 7. The van der Waals surface area contributed by atoms with Gasteiger partial charge in [0.15, 0.2) is 0 Å². The summed E-state index contributed by atoms with van der Waals surface area (Å²) >= 11 is 6.56. The molecule has 0 radical (unpaired) electrons. The van der Waals surface area contributed by atoms with Gasteiger partial charge in [-0.05, 0) is 45.1 Å². The summed E-state index contributed by atoms with van der Waals surface area (Å²) in [5.74, 6) is 0.320. The first-order valence-electron chi connectivity index (χ1n) is 11.9. The maximum absolute atomic E-state index is 11.9. The number of nitro benzene ring substituents is 1. The molecule has 1 N–H and O–H groups in total. The van der Waals surface area contributed by atoms with Crippen molar-refractivity contribution >= 4 is 45.5 Å². The largest absolute Gasteiger partial charge is 0.368 e. The number of hydrogen-bond donors (Lipinski definition) is 1. The van der Waals surface area contributed by atoms with Gasteiger partial charge in [-0.1, -0.05) is 29.8 Å². The maximum atomic E-state index is 11.9. The van der Waals surface area contributed by atoms with Gasteiger partial charge in [0, 0.05) is 61.1 Å². The first kappa shape index (κ1) is 24.0. The van der Waals surface area contributed by atoms with Crippen LogP contribution < -0.4 is 10.2 Å². The van der Waals surface area contributed by atoms with Crippen LogP contribution >= 0.6 is 11.6 Å². The van der Waals surface area contributed by atoms with Crippen LogP contribution in [0.5, 0.6) is 0 Å². The summed E-state index contributed by atoms with van der Waals surface area (Å²) in [6.07, 6.45) is 6.21. The molecule has 4 aromatic rings. The van der Waals surface area contributed by atoms with Crippen molar-refractivity contribution in [1.29, 1.82) is 0 Å². The monoisotopic (exact) mass is 505 g/mol. The number of anilines is 3. The number of nitro groups is 1. The Bertz CT molecular complexity index is 1430. The minimum Gasteiger partial charge on any atom is -0.368 e. The molecular formula is C26H28ClN7O2. The van der Waals surface area contributed by atoms with Gasteiger partial charge in [0.05, 0.1) is 21.3 Å². The molecule has 1 aliphatic rings. The lowest BCUT2D eigenvalue weighted by molar-refractivity contribution is -0.384. The number of fused-ring (bicyclic) bond motifs is 1. The smallest absolute Gasteiger partial charge is 0.294 e. The predicted molar refractivity (Wildman–Crippen MR) is 144 cm³/mol. The van der Waals surface area contributed by atoms with Crippen LogP contribution in [-0.4, -0.2) is 58.6 Å². The van der Waals surface area contributed by atoms with Crippen LogP contribution in [0.4, 0.5) is 23.0 Å². The van der Waals surface area contributed by atoms with E-state index in [1.807, 2.05) is 43.1 Å². The molecule has 186 valence electrons. The van der Waals surface area contributed by atoms with E-state index in [1.165, 1.54) is 24.4 Å². The Morgan fingerprint density at radius 3 is 2.67 bits per heavy atom. The normalized spacial score (nSPS) is 13.4. The Morgan fingerprint density at radius 1 is 1.17 bits per heavy atom. The Labute approximate surface area is 214 Å². The second-order valence-electron chi connectivity index (χ2n) is 9.39. The lowest BCUT2D eigenvalue weighted by Gasteiger charge is -2.22. The zero-order valence-corrected chi connectivity index (χ0v) is 21.2. The van der Waals surface area contributed by atoms with Gasteiger partial charge in [-0.3, -0.25) is 10.1 Å². The van der Waals surface area contributed by atoms with Crippen LogP contribution in [0.3, 0.4) is 0 Å². The van der Waals surface area contributed by atoms with Crippen LogP contribution in [0.25, 0.3) is 22.2 Å². The Morgan fingerprint density at radius 2 is 1.94 bits per heavy atom. The second-order valence-corrected chi connectivity index (χ2v) is 9.80. The topological polar surface area (TPSA) is 92.4 Å². The molecule has 1 aliphatic carbocycles. The zero-order valence-electron chi connectivity index (χ0n) is 20.5. The number of rotatable bonds is 9. The van der Waals surface area contributed by atoms with Gasteiger partial charge >= 0.3 is 0 Å². The number of halogens is 1. The molecule has 2 aromatic carbocycles. The summed E-state index contributed by atoms with van der Waals surface area (Å²) in [5, 5.41) is 16.4. The third kappa shape index (κ3) is 4.84. The molecule has 5 rings (SSSR count). The number of nitrogens with one attached hydrogen (secondary N) is 1. The summed E-state index contributed by atoms with van der Waals surface area (Å²) < 4.78 is 2.33. The fraction of sp³-hybridized carbons (Fsp3) is 0.308. The summed E-state index contributed by atoms with van der Waals surface area (Å²) in [6.45, 7) is 1.37. The van der Waals surface area contributed by atoms with Gasteiger partial charge in [-0.25, -0.2) is 9.97 Å². The molecule has 0 bridgehead atoms. The van der Waals surface area contributed by atoms with E-state index in [1.54, 1.807) is 12.3 Å². The van der Waals surface area contributed by atoms with Crippen molar-refractivity contribution in [2.24, 2.45) is 0 Å². The highest BCUT2D eigenvalue weighted by Crippen LogP contribution is 2.41. The van der Waals surface area contributed by atoms with Crippen molar-refractivity contribution in [2.45, 2.75) is 18.9 Å². The molecule has 1 fully saturated rings. The van der Waals surface area contributed by atoms with E-state index >= 15 is 0 Å². The van der Waals surface area contributed by atoms with E-state index < -0.39 is 4.92 Å². The van der Waals surface area contributed by atoms with E-state index in [0.717, 1.165) is 23.2 Å². The third-order valence-electron chi connectivity index (χ3n) is 6.41. The lowest BCUT2D eigenvalue weighted by atomic mass is 10.1. The molecular weight excluding hydrogens is 478 g/mol. The van der Waals surface area contributed by atoms with Crippen LogP contribution in [0.1, 0.15) is 18.9 Å². The van der Waals surface area contributed by atoms with Crippen molar-refractivity contribution in [2.75, 3.05) is 44.4 Å². The number of para-hydroxylation sites is 1. The zero-order chi connectivity index (χ0) is 25.4. The van der Waals surface area contributed by atoms with Gasteiger partial charge in [-0.2, -0.15) is 0 Å². The highest BCUT2D eigenvalue weighted by atomic mass is 35.5. The van der Waals surface area contributed by atoms with E-state index in [4.69, 9.17) is 16.6 Å². The fourth-order valence-corrected chi connectivity index (χ4v) is 4.53. The summed E-state index contributed by atoms with van der Waals surface area (Å²) in [7, 11) is 5.74. The molecule has 0 spiro atoms. The SMILES string of the molecule is CN(C)CCN(C)c1cc(Cl)c(Nc2nccc(-c3cn(C4CC4)c4ccccc34)n2)cc1[N+](=O)[O-]. The first-order valence-corrected chi connectivity index (χ1v) is 12.2. The Balaban J connectivity index is 1.46. The first-order chi connectivity index (χ1) is 17.3. The number of likely N-dealkylation sites (N-methyl/N-ethyl adjacent to an activating group) is 2. The van der Waals surface area contributed by atoms with Crippen molar-refractivity contribution in [3.05, 3.63) is 70.0 Å². The molecule has 1 saturated carbocycles. The van der Waals surface area contributed by atoms with Gasteiger partial charge in [0.1, 0.15) is 5.69 Å². The molecule has 0 atom stereocenters. The Kier molecular flexibility index (Phi) is 6.51. The van der Waals surface area contributed by atoms with Crippen molar-refractivity contribution < 1.29 is 4.92 Å². The van der Waals surface area contributed by atoms with Crippen molar-refractivity contribution in [1.82, 2.24) is 19.4 Å². The van der Waals surface area contributed by atoms with Gasteiger partial charge in [0.2, 0.25) is 5.95 Å². The van der Waals surface area contributed by atoms with Crippen LogP contribution in [0, 0.1) is 10.1 Å². The third-order valence-corrected chi connectivity index (χ3v) is 6.73. The second kappa shape index (κ2) is 9.75. The van der Waals surface area contributed by atoms with E-state index in [0.29, 0.717) is 34.9 Å². The average Bonchev–Trinajstić information content (AvgIpc) is 3.63. The van der Waals surface area contributed by atoms with E-state index in [-0.39, 0.29) is 5.69 Å². The average molecular weight is 506 g/mol. The van der Waals surface area contributed by atoms with Gasteiger partial charge < -0.3 is 19.7 Å². The van der Waals surface area contributed by atoms with Crippen LogP contribution in [-0.2, 0) is 0 Å². The van der Waals surface area contributed by atoms with Gasteiger partial charge in [0.25, 0.3) is 5.69 Å². The number of benzene rings is 2. The highest BCUT2D eigenvalue weighted by Gasteiger charge is 2.26. The minimum absolute atomic E-state index is 0.0354. The summed E-state index contributed by atoms with van der Waals surface area (Å²) in [4.78, 5) is 24.4. The molecule has 2 heterocycles.